The first-order valence-electron chi connectivity index (χ1n) is 6.74. The Hall–Kier alpha value is -1.85. The van der Waals surface area contributed by atoms with Crippen molar-refractivity contribution in [2.24, 2.45) is 0 Å². The van der Waals surface area contributed by atoms with Gasteiger partial charge in [-0.2, -0.15) is 5.10 Å². The van der Waals surface area contributed by atoms with Crippen LogP contribution in [0.15, 0.2) is 0 Å². The summed E-state index contributed by atoms with van der Waals surface area (Å²) < 4.78 is 4.78. The fourth-order valence-electron chi connectivity index (χ4n) is 2.29. The summed E-state index contributed by atoms with van der Waals surface area (Å²) in [6.45, 7) is 7.36. The zero-order valence-electron chi connectivity index (χ0n) is 12.8. The van der Waals surface area contributed by atoms with Crippen molar-refractivity contribution in [3.05, 3.63) is 17.0 Å². The minimum absolute atomic E-state index is 0.199. The number of aromatic amines is 1. The topological polar surface area (TPSA) is 84.1 Å². The molecular formula is C14H23N3O3. The Bertz CT molecular complexity index is 476. The van der Waals surface area contributed by atoms with Gasteiger partial charge in [0.25, 0.3) is 0 Å². The van der Waals surface area contributed by atoms with E-state index in [2.05, 4.69) is 15.5 Å². The van der Waals surface area contributed by atoms with E-state index in [0.29, 0.717) is 6.42 Å². The van der Waals surface area contributed by atoms with Gasteiger partial charge in [-0.25, -0.2) is 4.79 Å². The van der Waals surface area contributed by atoms with Gasteiger partial charge in [-0.3, -0.25) is 9.89 Å². The van der Waals surface area contributed by atoms with Crippen molar-refractivity contribution in [1.82, 2.24) is 15.5 Å². The first-order valence-corrected chi connectivity index (χ1v) is 6.74. The van der Waals surface area contributed by atoms with Crippen LogP contribution < -0.4 is 5.32 Å². The third-order valence-electron chi connectivity index (χ3n) is 3.42. The van der Waals surface area contributed by atoms with Crippen LogP contribution in [0.5, 0.6) is 0 Å². The predicted octanol–water partition coefficient (Wildman–Crippen LogP) is 1.42. The molecule has 1 unspecified atom stereocenters. The molecular weight excluding hydrogens is 258 g/mol. The second kappa shape index (κ2) is 6.54. The van der Waals surface area contributed by atoms with Gasteiger partial charge in [-0.05, 0) is 27.2 Å². The standard InChI is InChI=1S/C14H23N3O3/c1-6-7-14(4,13(19)20-5)15-12(18)8-11-9(2)16-17-10(11)3/h6-8H2,1-5H3,(H,15,18)(H,16,17). The van der Waals surface area contributed by atoms with Crippen LogP contribution in [0.25, 0.3) is 0 Å². The molecule has 0 saturated heterocycles. The Balaban J connectivity index is 2.80. The minimum Gasteiger partial charge on any atom is -0.467 e. The smallest absolute Gasteiger partial charge is 0.331 e. The van der Waals surface area contributed by atoms with E-state index in [1.807, 2.05) is 20.8 Å². The molecule has 1 amide bonds. The Morgan fingerprint density at radius 1 is 1.40 bits per heavy atom. The molecule has 0 saturated carbocycles. The number of aryl methyl sites for hydroxylation is 2. The summed E-state index contributed by atoms with van der Waals surface area (Å²) in [6.07, 6.45) is 1.51. The van der Waals surface area contributed by atoms with Crippen LogP contribution in [0, 0.1) is 13.8 Å². The number of carbonyl (C=O) groups is 2. The van der Waals surface area contributed by atoms with Crippen LogP contribution in [-0.4, -0.2) is 34.7 Å². The molecule has 20 heavy (non-hydrogen) atoms. The molecule has 0 fully saturated rings. The second-order valence-corrected chi connectivity index (χ2v) is 5.21. The monoisotopic (exact) mass is 281 g/mol. The Morgan fingerprint density at radius 3 is 2.50 bits per heavy atom. The van der Waals surface area contributed by atoms with Crippen LogP contribution in [0.1, 0.15) is 43.6 Å². The number of rotatable bonds is 6. The molecule has 0 aromatic carbocycles. The van der Waals surface area contributed by atoms with Gasteiger partial charge in [0.1, 0.15) is 5.54 Å². The molecule has 1 rings (SSSR count). The lowest BCUT2D eigenvalue weighted by molar-refractivity contribution is -0.150. The highest BCUT2D eigenvalue weighted by Crippen LogP contribution is 2.16. The highest BCUT2D eigenvalue weighted by atomic mass is 16.5. The van der Waals surface area contributed by atoms with Crippen molar-refractivity contribution in [3.63, 3.8) is 0 Å². The molecule has 2 N–H and O–H groups in total. The SMILES string of the molecule is CCCC(C)(NC(=O)Cc1c(C)n[nH]c1C)C(=O)OC. The van der Waals surface area contributed by atoms with E-state index in [1.54, 1.807) is 6.92 Å². The van der Waals surface area contributed by atoms with Crippen LogP contribution in [-0.2, 0) is 20.7 Å². The van der Waals surface area contributed by atoms with Crippen molar-refractivity contribution in [2.75, 3.05) is 7.11 Å². The maximum absolute atomic E-state index is 12.2. The van der Waals surface area contributed by atoms with Crippen LogP contribution in [0.4, 0.5) is 0 Å². The zero-order valence-corrected chi connectivity index (χ0v) is 12.8. The summed E-state index contributed by atoms with van der Waals surface area (Å²) >= 11 is 0. The van der Waals surface area contributed by atoms with Crippen molar-refractivity contribution >= 4 is 11.9 Å². The summed E-state index contributed by atoms with van der Waals surface area (Å²) in [7, 11) is 1.33. The lowest BCUT2D eigenvalue weighted by Gasteiger charge is -2.27. The Morgan fingerprint density at radius 2 is 2.05 bits per heavy atom. The number of amides is 1. The predicted molar refractivity (Wildman–Crippen MR) is 75.2 cm³/mol. The van der Waals surface area contributed by atoms with E-state index in [0.717, 1.165) is 23.4 Å². The molecule has 1 aromatic heterocycles. The highest BCUT2D eigenvalue weighted by molar-refractivity contribution is 5.88. The van der Waals surface area contributed by atoms with Crippen LogP contribution in [0.3, 0.4) is 0 Å². The maximum atomic E-state index is 12.2. The largest absolute Gasteiger partial charge is 0.467 e. The Labute approximate surface area is 119 Å². The number of aromatic nitrogens is 2. The van der Waals surface area contributed by atoms with Gasteiger partial charge in [0.15, 0.2) is 0 Å². The molecule has 0 radical (unpaired) electrons. The van der Waals surface area contributed by atoms with E-state index >= 15 is 0 Å². The van der Waals surface area contributed by atoms with Gasteiger partial charge in [0, 0.05) is 11.3 Å². The van der Waals surface area contributed by atoms with E-state index in [4.69, 9.17) is 4.74 Å². The van der Waals surface area contributed by atoms with E-state index < -0.39 is 11.5 Å². The van der Waals surface area contributed by atoms with E-state index in [1.165, 1.54) is 7.11 Å². The molecule has 0 aliphatic carbocycles. The number of nitrogens with one attached hydrogen (secondary N) is 2. The van der Waals surface area contributed by atoms with Gasteiger partial charge in [0.2, 0.25) is 5.91 Å². The summed E-state index contributed by atoms with van der Waals surface area (Å²) in [5.74, 6) is -0.632. The number of hydrogen-bond donors (Lipinski definition) is 2. The molecule has 0 spiro atoms. The quantitative estimate of drug-likeness (QED) is 0.772. The fraction of sp³-hybridized carbons (Fsp3) is 0.643. The third-order valence-corrected chi connectivity index (χ3v) is 3.42. The second-order valence-electron chi connectivity index (χ2n) is 5.21. The van der Waals surface area contributed by atoms with Crippen molar-refractivity contribution in [2.45, 2.75) is 52.5 Å². The normalized spacial score (nSPS) is 13.7. The molecule has 1 heterocycles. The maximum Gasteiger partial charge on any atom is 0.331 e. The molecule has 112 valence electrons. The summed E-state index contributed by atoms with van der Waals surface area (Å²) in [5.41, 5.74) is 1.55. The lowest BCUT2D eigenvalue weighted by atomic mass is 9.95. The molecule has 6 nitrogen and oxygen atoms in total. The van der Waals surface area contributed by atoms with Gasteiger partial charge in [-0.1, -0.05) is 13.3 Å². The van der Waals surface area contributed by atoms with Crippen molar-refractivity contribution in [3.8, 4) is 0 Å². The number of esters is 1. The summed E-state index contributed by atoms with van der Waals surface area (Å²) in [6, 6.07) is 0. The number of H-pyrrole nitrogens is 1. The average Bonchev–Trinajstić information content (AvgIpc) is 2.69. The highest BCUT2D eigenvalue weighted by Gasteiger charge is 2.35. The fourth-order valence-corrected chi connectivity index (χ4v) is 2.29. The Kier molecular flexibility index (Phi) is 5.30. The number of carbonyl (C=O) groups excluding carboxylic acids is 2. The van der Waals surface area contributed by atoms with Gasteiger partial charge >= 0.3 is 5.97 Å². The van der Waals surface area contributed by atoms with E-state index in [-0.39, 0.29) is 12.3 Å². The molecule has 1 atom stereocenters. The van der Waals surface area contributed by atoms with Crippen molar-refractivity contribution in [1.29, 1.82) is 0 Å². The van der Waals surface area contributed by atoms with Gasteiger partial charge < -0.3 is 10.1 Å². The zero-order chi connectivity index (χ0) is 15.3. The summed E-state index contributed by atoms with van der Waals surface area (Å²) in [4.78, 5) is 24.0. The van der Waals surface area contributed by atoms with Gasteiger partial charge in [0.05, 0.1) is 19.2 Å². The van der Waals surface area contributed by atoms with Crippen LogP contribution in [0.2, 0.25) is 0 Å². The summed E-state index contributed by atoms with van der Waals surface area (Å²) in [5, 5.41) is 9.68. The first kappa shape index (κ1) is 16.2. The average molecular weight is 281 g/mol. The molecule has 0 aliphatic heterocycles. The molecule has 6 heteroatoms. The molecule has 0 aliphatic rings. The number of nitrogens with zero attached hydrogens (tertiary/aromatic N) is 1. The minimum atomic E-state index is -0.980. The molecule has 1 aromatic rings. The number of methoxy groups -OCH3 is 1. The third kappa shape index (κ3) is 3.59. The number of ether oxygens (including phenoxy) is 1. The van der Waals surface area contributed by atoms with Crippen LogP contribution >= 0.6 is 0 Å². The first-order chi connectivity index (χ1) is 9.34. The van der Waals surface area contributed by atoms with Gasteiger partial charge in [-0.15, -0.1) is 0 Å². The molecule has 0 bridgehead atoms. The van der Waals surface area contributed by atoms with Crippen molar-refractivity contribution < 1.29 is 14.3 Å². The lowest BCUT2D eigenvalue weighted by Crippen LogP contribution is -2.53. The number of hydrogen-bond acceptors (Lipinski definition) is 4. The van der Waals surface area contributed by atoms with E-state index in [9.17, 15) is 9.59 Å².